The number of anilines is 1. The summed E-state index contributed by atoms with van der Waals surface area (Å²) >= 11 is 4.19. The van der Waals surface area contributed by atoms with E-state index < -0.39 is 17.7 Å². The van der Waals surface area contributed by atoms with Crippen LogP contribution in [0, 0.1) is 5.82 Å². The summed E-state index contributed by atoms with van der Waals surface area (Å²) in [6, 6.07) is 5.05. The van der Waals surface area contributed by atoms with Crippen LogP contribution in [0.25, 0.3) is 0 Å². The summed E-state index contributed by atoms with van der Waals surface area (Å²) in [6.07, 6.45) is 0. The standard InChI is InChI=1S/C12H7BrFNO3S/c13-9-5-6(14)1-2-7(9)10(16)15-11-8(12(17)18)3-4-19-11/h1-5H,(H,15,16)(H,17,18). The van der Waals surface area contributed by atoms with Crippen LogP contribution in [0.1, 0.15) is 20.7 Å². The molecule has 2 rings (SSSR count). The monoisotopic (exact) mass is 343 g/mol. The van der Waals surface area contributed by atoms with Gasteiger partial charge < -0.3 is 10.4 Å². The van der Waals surface area contributed by atoms with E-state index in [1.54, 1.807) is 5.38 Å². The van der Waals surface area contributed by atoms with Gasteiger partial charge in [-0.2, -0.15) is 0 Å². The second-order valence-corrected chi connectivity index (χ2v) is 5.32. The van der Waals surface area contributed by atoms with Crippen LogP contribution in [0.4, 0.5) is 9.39 Å². The van der Waals surface area contributed by atoms with Gasteiger partial charge in [-0.1, -0.05) is 0 Å². The second kappa shape index (κ2) is 5.50. The molecule has 4 nitrogen and oxygen atoms in total. The largest absolute Gasteiger partial charge is 0.478 e. The van der Waals surface area contributed by atoms with Crippen LogP contribution < -0.4 is 5.32 Å². The maximum atomic E-state index is 12.9. The Kier molecular flexibility index (Phi) is 3.96. The van der Waals surface area contributed by atoms with Gasteiger partial charge in [-0.25, -0.2) is 9.18 Å². The highest BCUT2D eigenvalue weighted by Crippen LogP contribution is 2.25. The molecular weight excluding hydrogens is 337 g/mol. The number of carboxylic acids is 1. The minimum Gasteiger partial charge on any atom is -0.478 e. The van der Waals surface area contributed by atoms with E-state index in [9.17, 15) is 14.0 Å². The van der Waals surface area contributed by atoms with Gasteiger partial charge in [-0.3, -0.25) is 4.79 Å². The number of carboxylic acid groups (broad SMARTS) is 1. The molecule has 0 saturated carbocycles. The summed E-state index contributed by atoms with van der Waals surface area (Å²) in [4.78, 5) is 22.9. The molecule has 0 aliphatic heterocycles. The molecule has 1 aromatic carbocycles. The van der Waals surface area contributed by atoms with E-state index in [-0.39, 0.29) is 16.1 Å². The minimum atomic E-state index is -1.12. The average Bonchev–Trinajstić information content (AvgIpc) is 2.76. The molecule has 0 spiro atoms. The number of nitrogens with one attached hydrogen (secondary N) is 1. The quantitative estimate of drug-likeness (QED) is 0.894. The number of hydrogen-bond acceptors (Lipinski definition) is 3. The van der Waals surface area contributed by atoms with E-state index in [0.717, 1.165) is 17.4 Å². The first-order chi connectivity index (χ1) is 8.99. The first-order valence-corrected chi connectivity index (χ1v) is 6.73. The summed E-state index contributed by atoms with van der Waals surface area (Å²) in [6.45, 7) is 0. The number of amides is 1. The molecule has 7 heteroatoms. The Morgan fingerprint density at radius 1 is 1.26 bits per heavy atom. The van der Waals surface area contributed by atoms with Gasteiger partial charge in [0.1, 0.15) is 10.8 Å². The number of benzene rings is 1. The van der Waals surface area contributed by atoms with Gasteiger partial charge in [0, 0.05) is 4.47 Å². The van der Waals surface area contributed by atoms with Crippen LogP contribution in [0.5, 0.6) is 0 Å². The van der Waals surface area contributed by atoms with Gasteiger partial charge in [-0.05, 0) is 45.6 Å². The van der Waals surface area contributed by atoms with Gasteiger partial charge in [0.15, 0.2) is 0 Å². The Balaban J connectivity index is 2.26. The Morgan fingerprint density at radius 3 is 2.63 bits per heavy atom. The number of rotatable bonds is 3. The highest BCUT2D eigenvalue weighted by molar-refractivity contribution is 9.10. The number of hydrogen-bond donors (Lipinski definition) is 2. The predicted octanol–water partition coefficient (Wildman–Crippen LogP) is 3.60. The summed E-state index contributed by atoms with van der Waals surface area (Å²) in [5, 5.41) is 13.2. The van der Waals surface area contributed by atoms with E-state index in [2.05, 4.69) is 21.2 Å². The van der Waals surface area contributed by atoms with Crippen LogP contribution in [0.2, 0.25) is 0 Å². The molecule has 0 fully saturated rings. The smallest absolute Gasteiger partial charge is 0.338 e. The highest BCUT2D eigenvalue weighted by atomic mass is 79.9. The van der Waals surface area contributed by atoms with Gasteiger partial charge >= 0.3 is 5.97 Å². The molecule has 98 valence electrons. The maximum Gasteiger partial charge on any atom is 0.338 e. The Bertz CT molecular complexity index is 656. The van der Waals surface area contributed by atoms with Crippen LogP contribution in [-0.4, -0.2) is 17.0 Å². The molecule has 1 aromatic heterocycles. The van der Waals surface area contributed by atoms with Gasteiger partial charge in [0.05, 0.1) is 11.1 Å². The lowest BCUT2D eigenvalue weighted by atomic mass is 10.2. The van der Waals surface area contributed by atoms with Crippen molar-refractivity contribution in [1.82, 2.24) is 0 Å². The SMILES string of the molecule is O=C(Nc1sccc1C(=O)O)c1ccc(F)cc1Br. The fourth-order valence-electron chi connectivity index (χ4n) is 1.42. The van der Waals surface area contributed by atoms with Crippen molar-refractivity contribution in [2.75, 3.05) is 5.32 Å². The minimum absolute atomic E-state index is 0.0246. The fourth-order valence-corrected chi connectivity index (χ4v) is 2.72. The first-order valence-electron chi connectivity index (χ1n) is 5.06. The summed E-state index contributed by atoms with van der Waals surface area (Å²) in [5.74, 6) is -2.09. The Morgan fingerprint density at radius 2 is 2.00 bits per heavy atom. The number of halogens is 2. The molecule has 0 bridgehead atoms. The fraction of sp³-hybridized carbons (Fsp3) is 0. The molecule has 1 amide bonds. The molecule has 1 heterocycles. The third-order valence-electron chi connectivity index (χ3n) is 2.30. The van der Waals surface area contributed by atoms with Gasteiger partial charge in [-0.15, -0.1) is 11.3 Å². The van der Waals surface area contributed by atoms with Crippen molar-refractivity contribution in [3.63, 3.8) is 0 Å². The molecule has 0 saturated heterocycles. The first kappa shape index (κ1) is 13.7. The lowest BCUT2D eigenvalue weighted by Gasteiger charge is -2.06. The zero-order chi connectivity index (χ0) is 14.0. The normalized spacial score (nSPS) is 10.2. The lowest BCUT2D eigenvalue weighted by Crippen LogP contribution is -2.13. The molecule has 2 aromatic rings. The second-order valence-electron chi connectivity index (χ2n) is 3.55. The maximum absolute atomic E-state index is 12.9. The van der Waals surface area contributed by atoms with Crippen molar-refractivity contribution in [3.05, 3.63) is 51.1 Å². The van der Waals surface area contributed by atoms with E-state index in [1.165, 1.54) is 18.2 Å². The van der Waals surface area contributed by atoms with Gasteiger partial charge in [0.25, 0.3) is 5.91 Å². The molecule has 0 aliphatic rings. The summed E-state index contributed by atoms with van der Waals surface area (Å²) in [5.41, 5.74) is 0.253. The molecule has 0 atom stereocenters. The Hall–Kier alpha value is -1.73. The van der Waals surface area contributed by atoms with Crippen molar-refractivity contribution in [3.8, 4) is 0 Å². The van der Waals surface area contributed by atoms with Gasteiger partial charge in [0.2, 0.25) is 0 Å². The van der Waals surface area contributed by atoms with E-state index in [4.69, 9.17) is 5.11 Å². The summed E-state index contributed by atoms with van der Waals surface area (Å²) in [7, 11) is 0. The topological polar surface area (TPSA) is 66.4 Å². The van der Waals surface area contributed by atoms with Crippen molar-refractivity contribution in [1.29, 1.82) is 0 Å². The highest BCUT2D eigenvalue weighted by Gasteiger charge is 2.16. The Labute approximate surface area is 120 Å². The van der Waals surface area contributed by atoms with Crippen LogP contribution in [0.3, 0.4) is 0 Å². The number of thiophene rings is 1. The number of carbonyl (C=O) groups excluding carboxylic acids is 1. The molecular formula is C12H7BrFNO3S. The zero-order valence-electron chi connectivity index (χ0n) is 9.31. The van der Waals surface area contributed by atoms with Crippen molar-refractivity contribution in [2.24, 2.45) is 0 Å². The number of aromatic carboxylic acids is 1. The van der Waals surface area contributed by atoms with Crippen LogP contribution in [0.15, 0.2) is 34.1 Å². The van der Waals surface area contributed by atoms with E-state index >= 15 is 0 Å². The third-order valence-corrected chi connectivity index (χ3v) is 3.78. The predicted molar refractivity (Wildman–Crippen MR) is 73.3 cm³/mol. The van der Waals surface area contributed by atoms with E-state index in [1.807, 2.05) is 0 Å². The van der Waals surface area contributed by atoms with Crippen LogP contribution in [-0.2, 0) is 0 Å². The summed E-state index contributed by atoms with van der Waals surface area (Å²) < 4.78 is 13.2. The van der Waals surface area contributed by atoms with Crippen molar-refractivity contribution < 1.29 is 19.1 Å². The van der Waals surface area contributed by atoms with Crippen molar-refractivity contribution >= 4 is 44.1 Å². The van der Waals surface area contributed by atoms with E-state index in [0.29, 0.717) is 4.47 Å². The average molecular weight is 344 g/mol. The molecule has 0 aliphatic carbocycles. The molecule has 2 N–H and O–H groups in total. The third kappa shape index (κ3) is 2.99. The lowest BCUT2D eigenvalue weighted by molar-refractivity contribution is 0.0698. The molecule has 0 unspecified atom stereocenters. The zero-order valence-corrected chi connectivity index (χ0v) is 11.7. The van der Waals surface area contributed by atoms with Crippen LogP contribution >= 0.6 is 27.3 Å². The molecule has 19 heavy (non-hydrogen) atoms. The number of carbonyl (C=O) groups is 2. The molecule has 0 radical (unpaired) electrons. The van der Waals surface area contributed by atoms with Crippen molar-refractivity contribution in [2.45, 2.75) is 0 Å².